The molecule has 2 aromatic rings. The van der Waals surface area contributed by atoms with E-state index in [1.165, 1.54) is 0 Å². The van der Waals surface area contributed by atoms with Crippen LogP contribution in [0.4, 0.5) is 11.5 Å². The molecule has 0 spiro atoms. The molecule has 28 heavy (non-hydrogen) atoms. The van der Waals surface area contributed by atoms with E-state index in [-0.39, 0.29) is 18.1 Å². The van der Waals surface area contributed by atoms with Crippen molar-refractivity contribution in [2.45, 2.75) is 26.1 Å². The summed E-state index contributed by atoms with van der Waals surface area (Å²) in [6.45, 7) is 6.66. The molecule has 1 saturated heterocycles. The van der Waals surface area contributed by atoms with E-state index in [1.54, 1.807) is 31.5 Å². The van der Waals surface area contributed by atoms with Crippen LogP contribution in [0.3, 0.4) is 0 Å². The summed E-state index contributed by atoms with van der Waals surface area (Å²) >= 11 is 0. The second kappa shape index (κ2) is 9.52. The number of pyridine rings is 1. The zero-order valence-electron chi connectivity index (χ0n) is 16.6. The fourth-order valence-corrected chi connectivity index (χ4v) is 3.19. The number of methoxy groups -OCH3 is 1. The number of anilines is 2. The number of carbonyl (C=O) groups is 1. The van der Waals surface area contributed by atoms with Crippen LogP contribution in [0.25, 0.3) is 0 Å². The molecule has 150 valence electrons. The van der Waals surface area contributed by atoms with Gasteiger partial charge in [-0.1, -0.05) is 6.07 Å². The van der Waals surface area contributed by atoms with Gasteiger partial charge in [0.25, 0.3) is 5.91 Å². The topological polar surface area (TPSA) is 72.9 Å². The lowest BCUT2D eigenvalue weighted by Gasteiger charge is -2.36. The van der Waals surface area contributed by atoms with Gasteiger partial charge < -0.3 is 24.4 Å². The molecule has 0 bridgehead atoms. The predicted octanol–water partition coefficient (Wildman–Crippen LogP) is 2.97. The van der Waals surface area contributed by atoms with Crippen molar-refractivity contribution in [2.24, 2.45) is 0 Å². The molecule has 0 radical (unpaired) electrons. The van der Waals surface area contributed by atoms with Gasteiger partial charge in [-0.05, 0) is 44.2 Å². The molecule has 1 fully saturated rings. The smallest absolute Gasteiger partial charge is 0.255 e. The molecule has 1 aromatic carbocycles. The van der Waals surface area contributed by atoms with Gasteiger partial charge >= 0.3 is 0 Å². The van der Waals surface area contributed by atoms with E-state index in [9.17, 15) is 4.79 Å². The van der Waals surface area contributed by atoms with Crippen LogP contribution in [-0.4, -0.2) is 56.5 Å². The third-order valence-corrected chi connectivity index (χ3v) is 4.40. The maximum absolute atomic E-state index is 12.5. The number of benzene rings is 1. The number of nitrogens with zero attached hydrogens (tertiary/aromatic N) is 2. The van der Waals surface area contributed by atoms with Crippen molar-refractivity contribution in [3.05, 3.63) is 48.2 Å². The van der Waals surface area contributed by atoms with Gasteiger partial charge in [0.1, 0.15) is 18.2 Å². The van der Waals surface area contributed by atoms with Crippen molar-refractivity contribution in [1.82, 2.24) is 4.98 Å². The molecule has 7 nitrogen and oxygen atoms in total. The molecule has 2 heterocycles. The van der Waals surface area contributed by atoms with Gasteiger partial charge in [-0.3, -0.25) is 4.79 Å². The second-order valence-corrected chi connectivity index (χ2v) is 6.89. The largest absolute Gasteiger partial charge is 0.491 e. The van der Waals surface area contributed by atoms with Crippen molar-refractivity contribution in [1.29, 1.82) is 0 Å². The minimum Gasteiger partial charge on any atom is -0.491 e. The zero-order chi connectivity index (χ0) is 19.9. The maximum Gasteiger partial charge on any atom is 0.255 e. The van der Waals surface area contributed by atoms with Crippen LogP contribution in [0.5, 0.6) is 5.75 Å². The highest BCUT2D eigenvalue weighted by molar-refractivity contribution is 6.04. The number of rotatable bonds is 7. The summed E-state index contributed by atoms with van der Waals surface area (Å²) in [5.74, 6) is 1.31. The molecule has 1 N–H and O–H groups in total. The van der Waals surface area contributed by atoms with E-state index in [0.29, 0.717) is 30.2 Å². The summed E-state index contributed by atoms with van der Waals surface area (Å²) in [7, 11) is 1.62. The van der Waals surface area contributed by atoms with Crippen LogP contribution in [0.2, 0.25) is 0 Å². The molecule has 2 atom stereocenters. The number of hydrogen-bond donors (Lipinski definition) is 1. The van der Waals surface area contributed by atoms with Gasteiger partial charge in [0.15, 0.2) is 0 Å². The van der Waals surface area contributed by atoms with Crippen LogP contribution in [-0.2, 0) is 9.47 Å². The Morgan fingerprint density at radius 1 is 1.21 bits per heavy atom. The first-order valence-electron chi connectivity index (χ1n) is 9.45. The number of nitrogens with one attached hydrogen (secondary N) is 1. The van der Waals surface area contributed by atoms with Crippen molar-refractivity contribution >= 4 is 17.4 Å². The highest BCUT2D eigenvalue weighted by atomic mass is 16.5. The molecule has 7 heteroatoms. The van der Waals surface area contributed by atoms with Gasteiger partial charge in [0, 0.05) is 25.8 Å². The molecule has 0 saturated carbocycles. The van der Waals surface area contributed by atoms with Crippen LogP contribution >= 0.6 is 0 Å². The Balaban J connectivity index is 1.61. The monoisotopic (exact) mass is 385 g/mol. The Kier molecular flexibility index (Phi) is 6.84. The fourth-order valence-electron chi connectivity index (χ4n) is 3.19. The number of morpholine rings is 1. The minimum absolute atomic E-state index is 0.170. The quantitative estimate of drug-likeness (QED) is 0.739. The van der Waals surface area contributed by atoms with Crippen molar-refractivity contribution < 1.29 is 19.0 Å². The summed E-state index contributed by atoms with van der Waals surface area (Å²) < 4.78 is 16.3. The molecule has 1 aliphatic heterocycles. The van der Waals surface area contributed by atoms with Gasteiger partial charge in [0.2, 0.25) is 0 Å². The number of hydrogen-bond acceptors (Lipinski definition) is 6. The van der Waals surface area contributed by atoms with E-state index in [1.807, 2.05) is 18.2 Å². The van der Waals surface area contributed by atoms with Crippen LogP contribution in [0.15, 0.2) is 42.6 Å². The Hall–Kier alpha value is -2.64. The third kappa shape index (κ3) is 5.43. The Bertz CT molecular complexity index is 771. The minimum atomic E-state index is -0.208. The highest BCUT2D eigenvalue weighted by Gasteiger charge is 2.23. The summed E-state index contributed by atoms with van der Waals surface area (Å²) in [6, 6.07) is 10.8. The predicted molar refractivity (Wildman–Crippen MR) is 108 cm³/mol. The molecule has 2 unspecified atom stereocenters. The van der Waals surface area contributed by atoms with Gasteiger partial charge in [-0.25, -0.2) is 4.98 Å². The van der Waals surface area contributed by atoms with Crippen molar-refractivity contribution in [3.8, 4) is 5.75 Å². The van der Waals surface area contributed by atoms with Gasteiger partial charge in [-0.2, -0.15) is 0 Å². The van der Waals surface area contributed by atoms with Crippen molar-refractivity contribution in [2.75, 3.05) is 43.6 Å². The zero-order valence-corrected chi connectivity index (χ0v) is 16.6. The first-order chi connectivity index (χ1) is 13.5. The molecule has 0 aliphatic carbocycles. The summed E-state index contributed by atoms with van der Waals surface area (Å²) in [5.41, 5.74) is 1.17. The molecule has 1 aliphatic rings. The van der Waals surface area contributed by atoms with Crippen LogP contribution in [0.1, 0.15) is 24.2 Å². The van der Waals surface area contributed by atoms with Crippen molar-refractivity contribution in [3.63, 3.8) is 0 Å². The Morgan fingerprint density at radius 3 is 2.68 bits per heavy atom. The average Bonchev–Trinajstić information content (AvgIpc) is 2.68. The number of carbonyl (C=O) groups excluding carboxylic acids is 1. The average molecular weight is 385 g/mol. The van der Waals surface area contributed by atoms with Gasteiger partial charge in [0.05, 0.1) is 30.7 Å². The lowest BCUT2D eigenvalue weighted by atomic mass is 10.2. The Morgan fingerprint density at radius 2 is 2.00 bits per heavy atom. The fraction of sp³-hybridized carbons (Fsp3) is 0.429. The van der Waals surface area contributed by atoms with E-state index < -0.39 is 0 Å². The Labute approximate surface area is 165 Å². The van der Waals surface area contributed by atoms with E-state index in [2.05, 4.69) is 29.0 Å². The summed E-state index contributed by atoms with van der Waals surface area (Å²) in [4.78, 5) is 19.2. The lowest BCUT2D eigenvalue weighted by Crippen LogP contribution is -2.45. The van der Waals surface area contributed by atoms with Crippen LogP contribution in [0, 0.1) is 0 Å². The van der Waals surface area contributed by atoms with E-state index >= 15 is 0 Å². The third-order valence-electron chi connectivity index (χ3n) is 4.40. The standard InChI is InChI=1S/C21H27N3O4/c1-15-13-24(14-16(2)28-15)20-8-7-18(12-22-20)23-21(25)17-5-4-6-19(11-17)27-10-9-26-3/h4-8,11-12,15-16H,9-10,13-14H2,1-3H3,(H,23,25). The molecule has 3 rings (SSSR count). The molecular formula is C21H27N3O4. The second-order valence-electron chi connectivity index (χ2n) is 6.89. The molecule has 1 aromatic heterocycles. The SMILES string of the molecule is COCCOc1cccc(C(=O)Nc2ccc(N3CC(C)OC(C)C3)nc2)c1. The molecular weight excluding hydrogens is 358 g/mol. The normalized spacial score (nSPS) is 19.3. The van der Waals surface area contributed by atoms with E-state index in [4.69, 9.17) is 14.2 Å². The van der Waals surface area contributed by atoms with E-state index in [0.717, 1.165) is 18.9 Å². The number of ether oxygens (including phenoxy) is 3. The first kappa shape index (κ1) is 20.1. The highest BCUT2D eigenvalue weighted by Crippen LogP contribution is 2.20. The molecule has 1 amide bonds. The van der Waals surface area contributed by atoms with Gasteiger partial charge in [-0.15, -0.1) is 0 Å². The lowest BCUT2D eigenvalue weighted by molar-refractivity contribution is -0.00545. The summed E-state index contributed by atoms with van der Waals surface area (Å²) in [5, 5.41) is 2.88. The number of amides is 1. The first-order valence-corrected chi connectivity index (χ1v) is 9.45. The maximum atomic E-state index is 12.5. The summed E-state index contributed by atoms with van der Waals surface area (Å²) in [6.07, 6.45) is 2.02. The van der Waals surface area contributed by atoms with Crippen LogP contribution < -0.4 is 15.0 Å². The number of aromatic nitrogens is 1.